The number of rotatable bonds is 4. The van der Waals surface area contributed by atoms with Crippen molar-refractivity contribution in [2.45, 2.75) is 38.9 Å². The van der Waals surface area contributed by atoms with Gasteiger partial charge >= 0.3 is 0 Å². The smallest absolute Gasteiger partial charge is 0.219 e. The Balaban J connectivity index is 2.11. The summed E-state index contributed by atoms with van der Waals surface area (Å²) in [5, 5.41) is 0. The minimum Gasteiger partial charge on any atom is -0.490 e. The SMILES string of the molecule is CC(C)Oc1cc(OC2CC2)cc(N)n1. The Morgan fingerprint density at radius 2 is 2.13 bits per heavy atom. The Bertz CT molecular complexity index is 326. The van der Waals surface area contributed by atoms with Gasteiger partial charge in [-0.1, -0.05) is 0 Å². The highest BCUT2D eigenvalue weighted by molar-refractivity contribution is 5.41. The molecule has 1 heterocycles. The van der Waals surface area contributed by atoms with Gasteiger partial charge in [0.15, 0.2) is 0 Å². The van der Waals surface area contributed by atoms with Crippen LogP contribution >= 0.6 is 0 Å². The molecule has 2 N–H and O–H groups in total. The van der Waals surface area contributed by atoms with Gasteiger partial charge in [-0.25, -0.2) is 0 Å². The van der Waals surface area contributed by atoms with Crippen LogP contribution in [0, 0.1) is 0 Å². The summed E-state index contributed by atoms with van der Waals surface area (Å²) >= 11 is 0. The number of aromatic nitrogens is 1. The summed E-state index contributed by atoms with van der Waals surface area (Å²) in [5.74, 6) is 1.71. The zero-order chi connectivity index (χ0) is 10.8. The number of hydrogen-bond donors (Lipinski definition) is 1. The van der Waals surface area contributed by atoms with E-state index in [0.29, 0.717) is 17.8 Å². The second kappa shape index (κ2) is 3.96. The number of nitrogens with zero attached hydrogens (tertiary/aromatic N) is 1. The van der Waals surface area contributed by atoms with Gasteiger partial charge in [0.2, 0.25) is 5.88 Å². The van der Waals surface area contributed by atoms with Crippen LogP contribution in [-0.4, -0.2) is 17.2 Å². The number of nitrogen functional groups attached to an aromatic ring is 1. The van der Waals surface area contributed by atoms with Gasteiger partial charge < -0.3 is 15.2 Å². The van der Waals surface area contributed by atoms with Crippen molar-refractivity contribution in [2.24, 2.45) is 0 Å². The molecule has 15 heavy (non-hydrogen) atoms. The van der Waals surface area contributed by atoms with E-state index in [1.54, 1.807) is 12.1 Å². The molecule has 4 nitrogen and oxygen atoms in total. The van der Waals surface area contributed by atoms with Gasteiger partial charge in [-0.15, -0.1) is 0 Å². The average Bonchev–Trinajstić information content (AvgIpc) is 2.85. The minimum absolute atomic E-state index is 0.0908. The van der Waals surface area contributed by atoms with Gasteiger partial charge in [0.05, 0.1) is 12.2 Å². The first-order valence-corrected chi connectivity index (χ1v) is 5.24. The second-order valence-corrected chi connectivity index (χ2v) is 4.05. The molecule has 2 rings (SSSR count). The molecule has 0 atom stereocenters. The summed E-state index contributed by atoms with van der Waals surface area (Å²) in [6.07, 6.45) is 2.71. The van der Waals surface area contributed by atoms with Crippen molar-refractivity contribution in [1.82, 2.24) is 4.98 Å². The number of anilines is 1. The molecule has 1 aromatic rings. The van der Waals surface area contributed by atoms with E-state index in [9.17, 15) is 0 Å². The molecule has 0 aliphatic heterocycles. The van der Waals surface area contributed by atoms with Crippen LogP contribution in [0.5, 0.6) is 11.6 Å². The molecule has 0 bridgehead atoms. The monoisotopic (exact) mass is 208 g/mol. The standard InChI is InChI=1S/C11H16N2O2/c1-7(2)14-11-6-9(5-10(12)13-11)15-8-3-4-8/h5-8H,3-4H2,1-2H3,(H2,12,13). The van der Waals surface area contributed by atoms with Crippen LogP contribution in [0.3, 0.4) is 0 Å². The highest BCUT2D eigenvalue weighted by Crippen LogP contribution is 2.29. The molecule has 0 radical (unpaired) electrons. The van der Waals surface area contributed by atoms with E-state index in [4.69, 9.17) is 15.2 Å². The molecule has 1 aliphatic rings. The summed E-state index contributed by atoms with van der Waals surface area (Å²) in [5.41, 5.74) is 5.66. The number of ether oxygens (including phenoxy) is 2. The molecule has 1 aromatic heterocycles. The molecule has 1 aliphatic carbocycles. The largest absolute Gasteiger partial charge is 0.490 e. The highest BCUT2D eigenvalue weighted by Gasteiger charge is 2.23. The number of pyridine rings is 1. The summed E-state index contributed by atoms with van der Waals surface area (Å²) in [4.78, 5) is 4.08. The summed E-state index contributed by atoms with van der Waals surface area (Å²) in [6, 6.07) is 3.51. The first-order valence-electron chi connectivity index (χ1n) is 5.24. The average molecular weight is 208 g/mol. The van der Waals surface area contributed by atoms with Crippen LogP contribution in [0.4, 0.5) is 5.82 Å². The third-order valence-corrected chi connectivity index (χ3v) is 1.98. The van der Waals surface area contributed by atoms with E-state index < -0.39 is 0 Å². The zero-order valence-electron chi connectivity index (χ0n) is 9.06. The summed E-state index contributed by atoms with van der Waals surface area (Å²) < 4.78 is 11.1. The Labute approximate surface area is 89.4 Å². The van der Waals surface area contributed by atoms with Crippen molar-refractivity contribution in [2.75, 3.05) is 5.73 Å². The number of hydrogen-bond acceptors (Lipinski definition) is 4. The molecule has 0 aromatic carbocycles. The van der Waals surface area contributed by atoms with E-state index in [1.165, 1.54) is 0 Å². The first-order chi connectivity index (χ1) is 7.13. The quantitative estimate of drug-likeness (QED) is 0.822. The fourth-order valence-electron chi connectivity index (χ4n) is 1.25. The lowest BCUT2D eigenvalue weighted by Crippen LogP contribution is -2.08. The molecule has 4 heteroatoms. The Morgan fingerprint density at radius 1 is 1.40 bits per heavy atom. The Hall–Kier alpha value is -1.45. The van der Waals surface area contributed by atoms with Crippen molar-refractivity contribution < 1.29 is 9.47 Å². The minimum atomic E-state index is 0.0908. The van der Waals surface area contributed by atoms with Crippen LogP contribution in [0.25, 0.3) is 0 Å². The fraction of sp³-hybridized carbons (Fsp3) is 0.545. The van der Waals surface area contributed by atoms with Crippen molar-refractivity contribution in [1.29, 1.82) is 0 Å². The van der Waals surface area contributed by atoms with Gasteiger partial charge in [-0.3, -0.25) is 0 Å². The highest BCUT2D eigenvalue weighted by atomic mass is 16.5. The third-order valence-electron chi connectivity index (χ3n) is 1.98. The van der Waals surface area contributed by atoms with Gasteiger partial charge in [0.1, 0.15) is 11.6 Å². The predicted octanol–water partition coefficient (Wildman–Crippen LogP) is 1.99. The topological polar surface area (TPSA) is 57.4 Å². The maximum absolute atomic E-state index is 5.66. The van der Waals surface area contributed by atoms with Gasteiger partial charge in [0.25, 0.3) is 0 Å². The van der Waals surface area contributed by atoms with Crippen LogP contribution in [0.15, 0.2) is 12.1 Å². The maximum Gasteiger partial charge on any atom is 0.219 e. The normalized spacial score (nSPS) is 15.4. The number of nitrogens with two attached hydrogens (primary N) is 1. The van der Waals surface area contributed by atoms with E-state index in [0.717, 1.165) is 18.6 Å². The van der Waals surface area contributed by atoms with Gasteiger partial charge in [0, 0.05) is 12.1 Å². The van der Waals surface area contributed by atoms with E-state index in [2.05, 4.69) is 4.98 Å². The molecule has 0 amide bonds. The van der Waals surface area contributed by atoms with E-state index in [1.807, 2.05) is 13.8 Å². The Morgan fingerprint density at radius 3 is 2.73 bits per heavy atom. The van der Waals surface area contributed by atoms with Crippen molar-refractivity contribution in [3.05, 3.63) is 12.1 Å². The zero-order valence-corrected chi connectivity index (χ0v) is 9.06. The molecule has 82 valence electrons. The van der Waals surface area contributed by atoms with Crippen LogP contribution in [0.1, 0.15) is 26.7 Å². The molecular weight excluding hydrogens is 192 g/mol. The van der Waals surface area contributed by atoms with Crippen LogP contribution in [0.2, 0.25) is 0 Å². The molecule has 1 fully saturated rings. The second-order valence-electron chi connectivity index (χ2n) is 4.05. The lowest BCUT2D eigenvalue weighted by Gasteiger charge is -2.11. The van der Waals surface area contributed by atoms with Crippen LogP contribution in [-0.2, 0) is 0 Å². The molecule has 1 saturated carbocycles. The van der Waals surface area contributed by atoms with E-state index >= 15 is 0 Å². The lowest BCUT2D eigenvalue weighted by atomic mass is 10.4. The molecule has 0 unspecified atom stereocenters. The molecule has 0 saturated heterocycles. The third kappa shape index (κ3) is 3.01. The van der Waals surface area contributed by atoms with Crippen LogP contribution < -0.4 is 15.2 Å². The van der Waals surface area contributed by atoms with Crippen molar-refractivity contribution in [3.8, 4) is 11.6 Å². The first kappa shape index (κ1) is 10.1. The predicted molar refractivity (Wildman–Crippen MR) is 58.1 cm³/mol. The molecule has 0 spiro atoms. The maximum atomic E-state index is 5.66. The molecular formula is C11H16N2O2. The summed E-state index contributed by atoms with van der Waals surface area (Å²) in [7, 11) is 0. The lowest BCUT2D eigenvalue weighted by molar-refractivity contribution is 0.230. The fourth-order valence-corrected chi connectivity index (χ4v) is 1.25. The van der Waals surface area contributed by atoms with Crippen molar-refractivity contribution in [3.63, 3.8) is 0 Å². The van der Waals surface area contributed by atoms with Gasteiger partial charge in [-0.05, 0) is 26.7 Å². The summed E-state index contributed by atoms with van der Waals surface area (Å²) in [6.45, 7) is 3.90. The van der Waals surface area contributed by atoms with E-state index in [-0.39, 0.29) is 6.10 Å². The van der Waals surface area contributed by atoms with Gasteiger partial charge in [-0.2, -0.15) is 4.98 Å². The Kier molecular flexibility index (Phi) is 2.66. The van der Waals surface area contributed by atoms with Crippen molar-refractivity contribution >= 4 is 5.82 Å².